The van der Waals surface area contributed by atoms with Crippen molar-refractivity contribution in [2.24, 2.45) is 0 Å². The highest BCUT2D eigenvalue weighted by Gasteiger charge is 2.14. The first-order valence-electron chi connectivity index (χ1n) is 8.69. The summed E-state index contributed by atoms with van der Waals surface area (Å²) in [5.41, 5.74) is 2.33. The number of nitrogens with one attached hydrogen (secondary N) is 2. The molecule has 0 aliphatic heterocycles. The van der Waals surface area contributed by atoms with Crippen molar-refractivity contribution in [2.45, 2.75) is 6.54 Å². The number of halogens is 4. The second kappa shape index (κ2) is 8.70. The first-order chi connectivity index (χ1) is 14.4. The van der Waals surface area contributed by atoms with Crippen molar-refractivity contribution < 1.29 is 4.79 Å². The maximum Gasteiger partial charge on any atom is 0.274 e. The van der Waals surface area contributed by atoms with E-state index in [1.807, 2.05) is 0 Å². The van der Waals surface area contributed by atoms with E-state index in [0.29, 0.717) is 38.1 Å². The highest BCUT2D eigenvalue weighted by atomic mass is 35.5. The summed E-state index contributed by atoms with van der Waals surface area (Å²) in [4.78, 5) is 12.5. The van der Waals surface area contributed by atoms with Crippen molar-refractivity contribution in [3.63, 3.8) is 0 Å². The molecule has 4 rings (SSSR count). The van der Waals surface area contributed by atoms with Crippen molar-refractivity contribution in [3.8, 4) is 11.3 Å². The summed E-state index contributed by atoms with van der Waals surface area (Å²) in [6.45, 7) is 0.375. The monoisotopic (exact) mass is 479 g/mol. The van der Waals surface area contributed by atoms with E-state index in [2.05, 4.69) is 20.6 Å². The SMILES string of the molecule is O=C(Nc1ccn(Cc2c(Cl)cccc2Cl)n1)c1cc(-c2ccc(Cl)c(Cl)c2)n[nH]1. The predicted octanol–water partition coefficient (Wildman–Crippen LogP) is 6.19. The van der Waals surface area contributed by atoms with Gasteiger partial charge < -0.3 is 5.32 Å². The molecule has 0 aliphatic carbocycles. The molecule has 0 saturated carbocycles. The largest absolute Gasteiger partial charge is 0.304 e. The van der Waals surface area contributed by atoms with Crippen LogP contribution in [0.2, 0.25) is 20.1 Å². The first-order valence-corrected chi connectivity index (χ1v) is 10.2. The van der Waals surface area contributed by atoms with Crippen LogP contribution in [-0.4, -0.2) is 25.9 Å². The minimum absolute atomic E-state index is 0.278. The summed E-state index contributed by atoms with van der Waals surface area (Å²) in [6.07, 6.45) is 1.73. The van der Waals surface area contributed by atoms with Crippen LogP contribution >= 0.6 is 46.4 Å². The number of anilines is 1. The lowest BCUT2D eigenvalue weighted by atomic mass is 10.1. The van der Waals surface area contributed by atoms with Gasteiger partial charge in [0, 0.05) is 33.4 Å². The number of hydrogen-bond donors (Lipinski definition) is 2. The van der Waals surface area contributed by atoms with Gasteiger partial charge in [0.2, 0.25) is 0 Å². The number of amides is 1. The number of carbonyl (C=O) groups is 1. The topological polar surface area (TPSA) is 75.6 Å². The van der Waals surface area contributed by atoms with E-state index in [-0.39, 0.29) is 11.6 Å². The van der Waals surface area contributed by atoms with Crippen LogP contribution in [0.3, 0.4) is 0 Å². The number of hydrogen-bond acceptors (Lipinski definition) is 3. The van der Waals surface area contributed by atoms with Gasteiger partial charge >= 0.3 is 0 Å². The van der Waals surface area contributed by atoms with Crippen LogP contribution in [0.15, 0.2) is 54.7 Å². The van der Waals surface area contributed by atoms with E-state index >= 15 is 0 Å². The van der Waals surface area contributed by atoms with Crippen molar-refractivity contribution in [1.82, 2.24) is 20.0 Å². The molecule has 0 saturated heterocycles. The molecule has 0 spiro atoms. The molecule has 0 fully saturated rings. The van der Waals surface area contributed by atoms with Crippen molar-refractivity contribution in [1.29, 1.82) is 0 Å². The number of benzene rings is 2. The van der Waals surface area contributed by atoms with Crippen molar-refractivity contribution >= 4 is 58.1 Å². The third-order valence-corrected chi connectivity index (χ3v) is 5.75. The number of nitrogens with zero attached hydrogens (tertiary/aromatic N) is 3. The average molecular weight is 481 g/mol. The normalized spacial score (nSPS) is 10.9. The zero-order valence-corrected chi connectivity index (χ0v) is 18.2. The lowest BCUT2D eigenvalue weighted by molar-refractivity contribution is 0.102. The predicted molar refractivity (Wildman–Crippen MR) is 120 cm³/mol. The van der Waals surface area contributed by atoms with Gasteiger partial charge in [0.15, 0.2) is 5.82 Å². The summed E-state index contributed by atoms with van der Waals surface area (Å²) in [6, 6.07) is 13.7. The van der Waals surface area contributed by atoms with Gasteiger partial charge in [0.05, 0.1) is 22.3 Å². The summed E-state index contributed by atoms with van der Waals surface area (Å²) in [7, 11) is 0. The molecule has 2 aromatic carbocycles. The molecule has 6 nitrogen and oxygen atoms in total. The molecule has 1 amide bonds. The molecule has 10 heteroatoms. The average Bonchev–Trinajstić information content (AvgIpc) is 3.37. The van der Waals surface area contributed by atoms with Crippen LogP contribution in [0.4, 0.5) is 5.82 Å². The molecule has 2 aromatic heterocycles. The Kier molecular flexibility index (Phi) is 6.01. The fourth-order valence-electron chi connectivity index (χ4n) is 2.79. The minimum atomic E-state index is -0.380. The van der Waals surface area contributed by atoms with Crippen molar-refractivity contribution in [2.75, 3.05) is 5.32 Å². The highest BCUT2D eigenvalue weighted by molar-refractivity contribution is 6.42. The number of carbonyl (C=O) groups excluding carboxylic acids is 1. The van der Waals surface area contributed by atoms with Gasteiger partial charge in [-0.2, -0.15) is 10.2 Å². The standard InChI is InChI=1S/C20H13Cl4N5O/c21-13-2-1-3-14(22)12(13)10-29-7-6-19(28-29)25-20(30)18-9-17(26-27-18)11-4-5-15(23)16(24)8-11/h1-9H,10H2,(H,26,27)(H,25,28,30). The molecular formula is C20H13Cl4N5O. The van der Waals surface area contributed by atoms with Crippen molar-refractivity contribution in [3.05, 3.63) is 86.1 Å². The number of aromatic amines is 1. The molecule has 4 aromatic rings. The van der Waals surface area contributed by atoms with Gasteiger partial charge in [0.1, 0.15) is 5.69 Å². The highest BCUT2D eigenvalue weighted by Crippen LogP contribution is 2.28. The van der Waals surface area contributed by atoms with E-state index in [4.69, 9.17) is 46.4 Å². The summed E-state index contributed by atoms with van der Waals surface area (Å²) in [5.74, 6) is 0.00343. The van der Waals surface area contributed by atoms with Crippen LogP contribution in [0.5, 0.6) is 0 Å². The van der Waals surface area contributed by atoms with Crippen LogP contribution in [-0.2, 0) is 6.54 Å². The molecule has 2 heterocycles. The molecule has 0 bridgehead atoms. The van der Waals surface area contributed by atoms with Gasteiger partial charge in [-0.3, -0.25) is 14.6 Å². The molecule has 0 aliphatic rings. The Balaban J connectivity index is 1.46. The van der Waals surface area contributed by atoms with Gasteiger partial charge in [-0.25, -0.2) is 0 Å². The van der Waals surface area contributed by atoms with Crippen LogP contribution in [0.1, 0.15) is 16.1 Å². The lowest BCUT2D eigenvalue weighted by Gasteiger charge is -2.06. The van der Waals surface area contributed by atoms with Gasteiger partial charge in [-0.1, -0.05) is 58.5 Å². The Hall–Kier alpha value is -2.51. The number of H-pyrrole nitrogens is 1. The molecule has 2 N–H and O–H groups in total. The van der Waals surface area contributed by atoms with Gasteiger partial charge in [-0.15, -0.1) is 0 Å². The zero-order chi connectivity index (χ0) is 21.3. The Morgan fingerprint density at radius 2 is 1.73 bits per heavy atom. The first kappa shape index (κ1) is 20.8. The van der Waals surface area contributed by atoms with E-state index < -0.39 is 0 Å². The smallest absolute Gasteiger partial charge is 0.274 e. The van der Waals surface area contributed by atoms with E-state index in [0.717, 1.165) is 11.1 Å². The van der Waals surface area contributed by atoms with Gasteiger partial charge in [-0.05, 0) is 30.3 Å². The number of rotatable bonds is 5. The summed E-state index contributed by atoms with van der Waals surface area (Å²) >= 11 is 24.4. The van der Waals surface area contributed by atoms with Crippen LogP contribution in [0.25, 0.3) is 11.3 Å². The maximum absolute atomic E-state index is 12.5. The molecular weight excluding hydrogens is 468 g/mol. The summed E-state index contributed by atoms with van der Waals surface area (Å²) < 4.78 is 1.64. The molecule has 0 atom stereocenters. The Labute approximate surface area is 191 Å². The second-order valence-electron chi connectivity index (χ2n) is 6.35. The third-order valence-electron chi connectivity index (χ3n) is 4.30. The molecule has 30 heavy (non-hydrogen) atoms. The van der Waals surface area contributed by atoms with E-state index in [1.165, 1.54) is 0 Å². The van der Waals surface area contributed by atoms with E-state index in [1.54, 1.807) is 59.4 Å². The molecule has 152 valence electrons. The third kappa shape index (κ3) is 4.47. The Morgan fingerprint density at radius 1 is 0.967 bits per heavy atom. The summed E-state index contributed by atoms with van der Waals surface area (Å²) in [5, 5.41) is 15.9. The fraction of sp³-hybridized carbons (Fsp3) is 0.0500. The fourth-order valence-corrected chi connectivity index (χ4v) is 3.60. The zero-order valence-electron chi connectivity index (χ0n) is 15.2. The van der Waals surface area contributed by atoms with Gasteiger partial charge in [0.25, 0.3) is 5.91 Å². The Morgan fingerprint density at radius 3 is 2.47 bits per heavy atom. The van der Waals surface area contributed by atoms with Crippen LogP contribution < -0.4 is 5.32 Å². The quantitative estimate of drug-likeness (QED) is 0.357. The van der Waals surface area contributed by atoms with E-state index in [9.17, 15) is 4.79 Å². The lowest BCUT2D eigenvalue weighted by Crippen LogP contribution is -2.13. The Bertz CT molecular complexity index is 1210. The maximum atomic E-state index is 12.5. The molecule has 0 unspecified atom stereocenters. The number of aromatic nitrogens is 4. The minimum Gasteiger partial charge on any atom is -0.304 e. The molecule has 0 radical (unpaired) electrons. The second-order valence-corrected chi connectivity index (χ2v) is 7.98. The van der Waals surface area contributed by atoms with Crippen LogP contribution in [0, 0.1) is 0 Å².